The summed E-state index contributed by atoms with van der Waals surface area (Å²) in [5.74, 6) is 1.43. The van der Waals surface area contributed by atoms with Gasteiger partial charge in [-0.25, -0.2) is 0 Å². The Kier molecular flexibility index (Phi) is 5.34. The van der Waals surface area contributed by atoms with Crippen molar-refractivity contribution in [3.8, 4) is 22.6 Å². The van der Waals surface area contributed by atoms with Crippen molar-refractivity contribution in [2.75, 3.05) is 28.3 Å². The van der Waals surface area contributed by atoms with E-state index in [2.05, 4.69) is 0 Å². The number of carbonyl (C=O) groups excluding carboxylic acids is 1. The Bertz CT molecular complexity index is 1040. The molecule has 0 aliphatic carbocycles. The van der Waals surface area contributed by atoms with Crippen molar-refractivity contribution >= 4 is 27.7 Å². The number of hydrogen-bond donors (Lipinski definition) is 0. The van der Waals surface area contributed by atoms with Crippen molar-refractivity contribution < 1.29 is 14.3 Å². The molecule has 0 aliphatic heterocycles. The maximum Gasteiger partial charge on any atom is 0.259 e. The lowest BCUT2D eigenvalue weighted by Gasteiger charge is -2.19. The summed E-state index contributed by atoms with van der Waals surface area (Å²) in [6.45, 7) is 0.670. The van der Waals surface area contributed by atoms with Crippen LogP contribution in [0.25, 0.3) is 21.2 Å². The van der Waals surface area contributed by atoms with Gasteiger partial charge in [0.1, 0.15) is 11.5 Å². The van der Waals surface area contributed by atoms with Gasteiger partial charge in [-0.3, -0.25) is 9.59 Å². The zero-order valence-electron chi connectivity index (χ0n) is 16.0. The number of aryl methyl sites for hydroxylation is 1. The standard InChI is InChI=1S/C20H22N2O4S/c1-21(2)9-16-17(25-4)6-12(7-18(16)26-5)15-10-22(3)20(24)14-8-13(11-23)27-19(14)15/h6-8,10-11H,9H2,1-5H3. The minimum absolute atomic E-state index is 0.124. The molecule has 0 atom stereocenters. The Morgan fingerprint density at radius 2 is 1.78 bits per heavy atom. The number of hydrogen-bond acceptors (Lipinski definition) is 6. The largest absolute Gasteiger partial charge is 0.496 e. The van der Waals surface area contributed by atoms with Crippen LogP contribution in [0.5, 0.6) is 11.5 Å². The molecule has 27 heavy (non-hydrogen) atoms. The molecule has 0 aliphatic rings. The Morgan fingerprint density at radius 1 is 1.15 bits per heavy atom. The smallest absolute Gasteiger partial charge is 0.259 e. The van der Waals surface area contributed by atoms with Crippen LogP contribution >= 0.6 is 11.3 Å². The summed E-state index contributed by atoms with van der Waals surface area (Å²) in [6.07, 6.45) is 2.56. The van der Waals surface area contributed by atoms with Crippen molar-refractivity contribution in [2.45, 2.75) is 6.54 Å². The van der Waals surface area contributed by atoms with Crippen LogP contribution in [0.1, 0.15) is 15.2 Å². The Labute approximate surface area is 161 Å². The summed E-state index contributed by atoms with van der Waals surface area (Å²) in [5, 5.41) is 0.539. The molecule has 0 saturated heterocycles. The van der Waals surface area contributed by atoms with E-state index in [1.807, 2.05) is 31.1 Å². The second-order valence-electron chi connectivity index (χ2n) is 6.57. The number of aromatic nitrogens is 1. The summed E-state index contributed by atoms with van der Waals surface area (Å²) in [5.41, 5.74) is 2.56. The Morgan fingerprint density at radius 3 is 2.30 bits per heavy atom. The number of ether oxygens (including phenoxy) is 2. The number of fused-ring (bicyclic) bond motifs is 1. The fourth-order valence-corrected chi connectivity index (χ4v) is 4.14. The maximum atomic E-state index is 12.5. The highest BCUT2D eigenvalue weighted by molar-refractivity contribution is 7.21. The molecule has 3 aromatic rings. The molecule has 0 saturated carbocycles. The number of pyridine rings is 1. The van der Waals surface area contributed by atoms with Crippen molar-refractivity contribution in [3.05, 3.63) is 45.2 Å². The van der Waals surface area contributed by atoms with E-state index in [-0.39, 0.29) is 5.56 Å². The third-order valence-corrected chi connectivity index (χ3v) is 5.47. The van der Waals surface area contributed by atoms with Crippen LogP contribution in [0.4, 0.5) is 0 Å². The topological polar surface area (TPSA) is 60.8 Å². The van der Waals surface area contributed by atoms with Crippen LogP contribution in [0.15, 0.2) is 29.2 Å². The first-order chi connectivity index (χ1) is 12.9. The van der Waals surface area contributed by atoms with Gasteiger partial charge in [-0.2, -0.15) is 0 Å². The number of rotatable bonds is 6. The molecular weight excluding hydrogens is 364 g/mol. The zero-order chi connectivity index (χ0) is 19.7. The van der Waals surface area contributed by atoms with Crippen LogP contribution in [0.2, 0.25) is 0 Å². The minimum atomic E-state index is -0.124. The lowest BCUT2D eigenvalue weighted by atomic mass is 10.0. The van der Waals surface area contributed by atoms with Crippen LogP contribution in [-0.2, 0) is 13.6 Å². The molecule has 0 unspecified atom stereocenters. The van der Waals surface area contributed by atoms with Gasteiger partial charge in [0.05, 0.1) is 30.0 Å². The first kappa shape index (κ1) is 19.1. The molecule has 0 N–H and O–H groups in total. The van der Waals surface area contributed by atoms with E-state index in [1.54, 1.807) is 33.5 Å². The van der Waals surface area contributed by atoms with Crippen molar-refractivity contribution in [2.24, 2.45) is 7.05 Å². The summed E-state index contributed by atoms with van der Waals surface area (Å²) in [7, 11) is 8.93. The van der Waals surface area contributed by atoms with Gasteiger partial charge in [0.25, 0.3) is 5.56 Å². The zero-order valence-corrected chi connectivity index (χ0v) is 16.8. The molecule has 6 nitrogen and oxygen atoms in total. The Balaban J connectivity index is 2.31. The molecule has 0 bridgehead atoms. The fraction of sp³-hybridized carbons (Fsp3) is 0.300. The second kappa shape index (κ2) is 7.54. The van der Waals surface area contributed by atoms with E-state index in [0.717, 1.165) is 27.7 Å². The molecule has 142 valence electrons. The highest BCUT2D eigenvalue weighted by atomic mass is 32.1. The van der Waals surface area contributed by atoms with Crippen molar-refractivity contribution in [1.29, 1.82) is 0 Å². The molecule has 0 radical (unpaired) electrons. The van der Waals surface area contributed by atoms with Crippen LogP contribution in [-0.4, -0.2) is 44.1 Å². The number of methoxy groups -OCH3 is 2. The highest BCUT2D eigenvalue weighted by Crippen LogP contribution is 2.39. The van der Waals surface area contributed by atoms with Crippen LogP contribution < -0.4 is 15.0 Å². The van der Waals surface area contributed by atoms with Gasteiger partial charge < -0.3 is 18.9 Å². The molecule has 7 heteroatoms. The van der Waals surface area contributed by atoms with Gasteiger partial charge >= 0.3 is 0 Å². The van der Waals surface area contributed by atoms with Crippen LogP contribution in [0.3, 0.4) is 0 Å². The van der Waals surface area contributed by atoms with E-state index in [0.29, 0.717) is 28.3 Å². The van der Waals surface area contributed by atoms with Gasteiger partial charge in [-0.1, -0.05) is 0 Å². The van der Waals surface area contributed by atoms with Gasteiger partial charge in [0, 0.05) is 30.1 Å². The second-order valence-corrected chi connectivity index (χ2v) is 7.65. The minimum Gasteiger partial charge on any atom is -0.496 e. The first-order valence-electron chi connectivity index (χ1n) is 8.38. The summed E-state index contributed by atoms with van der Waals surface area (Å²) >= 11 is 1.31. The number of thiophene rings is 1. The van der Waals surface area contributed by atoms with E-state index < -0.39 is 0 Å². The molecule has 2 aromatic heterocycles. The predicted molar refractivity (Wildman–Crippen MR) is 108 cm³/mol. The molecule has 1 aromatic carbocycles. The number of benzene rings is 1. The molecule has 0 amide bonds. The predicted octanol–water partition coefficient (Wildman–Crippen LogP) is 3.16. The normalized spacial score (nSPS) is 11.2. The van der Waals surface area contributed by atoms with Gasteiger partial charge in [-0.15, -0.1) is 11.3 Å². The third kappa shape index (κ3) is 3.48. The highest BCUT2D eigenvalue weighted by Gasteiger charge is 2.18. The lowest BCUT2D eigenvalue weighted by molar-refractivity contribution is 0.112. The molecule has 0 spiro atoms. The summed E-state index contributed by atoms with van der Waals surface area (Å²) in [6, 6.07) is 5.54. The van der Waals surface area contributed by atoms with Gasteiger partial charge in [-0.05, 0) is 37.9 Å². The first-order valence-corrected chi connectivity index (χ1v) is 9.19. The fourth-order valence-electron chi connectivity index (χ4n) is 3.15. The third-order valence-electron chi connectivity index (χ3n) is 4.38. The van der Waals surface area contributed by atoms with Crippen molar-refractivity contribution in [3.63, 3.8) is 0 Å². The molecular formula is C20H22N2O4S. The number of aldehydes is 1. The van der Waals surface area contributed by atoms with Crippen LogP contribution in [0, 0.1) is 0 Å². The Hall–Kier alpha value is -2.64. The van der Waals surface area contributed by atoms with Crippen molar-refractivity contribution in [1.82, 2.24) is 9.47 Å². The monoisotopic (exact) mass is 386 g/mol. The summed E-state index contributed by atoms with van der Waals surface area (Å²) in [4.78, 5) is 26.3. The van der Waals surface area contributed by atoms with Gasteiger partial charge in [0.15, 0.2) is 6.29 Å². The average Bonchev–Trinajstić information content (AvgIpc) is 3.09. The van der Waals surface area contributed by atoms with E-state index in [9.17, 15) is 9.59 Å². The molecule has 2 heterocycles. The van der Waals surface area contributed by atoms with Gasteiger partial charge in [0.2, 0.25) is 0 Å². The van der Waals surface area contributed by atoms with E-state index in [1.165, 1.54) is 15.9 Å². The quantitative estimate of drug-likeness (QED) is 0.609. The number of nitrogens with zero attached hydrogens (tertiary/aromatic N) is 2. The molecule has 3 rings (SSSR count). The SMILES string of the molecule is COc1cc(-c2cn(C)c(=O)c3cc(C=O)sc23)cc(OC)c1CN(C)C. The number of carbonyl (C=O) groups is 1. The van der Waals surface area contributed by atoms with E-state index in [4.69, 9.17) is 9.47 Å². The summed E-state index contributed by atoms with van der Waals surface area (Å²) < 4.78 is 13.5. The van der Waals surface area contributed by atoms with E-state index >= 15 is 0 Å². The molecule has 0 fully saturated rings. The average molecular weight is 386 g/mol. The maximum absolute atomic E-state index is 12.5. The lowest BCUT2D eigenvalue weighted by Crippen LogP contribution is -2.15.